The molecular formula is C18H18N2O6. The van der Waals surface area contributed by atoms with Gasteiger partial charge in [-0.25, -0.2) is 4.79 Å². The van der Waals surface area contributed by atoms with Crippen LogP contribution in [-0.4, -0.2) is 38.6 Å². The molecule has 0 bridgehead atoms. The average molecular weight is 358 g/mol. The van der Waals surface area contributed by atoms with Gasteiger partial charge in [-0.15, -0.1) is 0 Å². The van der Waals surface area contributed by atoms with Crippen molar-refractivity contribution in [2.75, 3.05) is 20.8 Å². The highest BCUT2D eigenvalue weighted by molar-refractivity contribution is 5.96. The number of hydrogen-bond acceptors (Lipinski definition) is 6. The third kappa shape index (κ3) is 4.97. The van der Waals surface area contributed by atoms with Crippen LogP contribution < -0.4 is 20.3 Å². The largest absolute Gasteiger partial charge is 0.497 e. The van der Waals surface area contributed by atoms with Crippen molar-refractivity contribution in [3.05, 3.63) is 59.7 Å². The Bertz CT molecular complexity index is 792. The first-order chi connectivity index (χ1) is 12.5. The van der Waals surface area contributed by atoms with Crippen LogP contribution in [0.5, 0.6) is 11.5 Å². The molecule has 2 aromatic carbocycles. The van der Waals surface area contributed by atoms with Gasteiger partial charge in [0.15, 0.2) is 6.61 Å². The van der Waals surface area contributed by atoms with Crippen molar-refractivity contribution in [2.24, 2.45) is 0 Å². The highest BCUT2D eigenvalue weighted by Gasteiger charge is 2.16. The first-order valence-corrected chi connectivity index (χ1v) is 7.58. The van der Waals surface area contributed by atoms with Crippen molar-refractivity contribution >= 4 is 17.8 Å². The lowest BCUT2D eigenvalue weighted by molar-refractivity contribution is -0.125. The lowest BCUT2D eigenvalue weighted by atomic mass is 10.2. The molecule has 2 rings (SSSR count). The van der Waals surface area contributed by atoms with Gasteiger partial charge in [0, 0.05) is 11.6 Å². The summed E-state index contributed by atoms with van der Waals surface area (Å²) in [6.45, 7) is -0.566. The number of esters is 1. The zero-order chi connectivity index (χ0) is 18.9. The zero-order valence-corrected chi connectivity index (χ0v) is 14.3. The Morgan fingerprint density at radius 3 is 2.31 bits per heavy atom. The van der Waals surface area contributed by atoms with Crippen molar-refractivity contribution in [2.45, 2.75) is 0 Å². The summed E-state index contributed by atoms with van der Waals surface area (Å²) in [5.74, 6) is -1.14. The second-order valence-corrected chi connectivity index (χ2v) is 5.01. The third-order valence-electron chi connectivity index (χ3n) is 3.31. The van der Waals surface area contributed by atoms with E-state index in [1.807, 2.05) is 0 Å². The van der Waals surface area contributed by atoms with Crippen LogP contribution in [0.2, 0.25) is 0 Å². The van der Waals surface area contributed by atoms with E-state index in [2.05, 4.69) is 10.9 Å². The van der Waals surface area contributed by atoms with Crippen molar-refractivity contribution in [3.8, 4) is 11.5 Å². The van der Waals surface area contributed by atoms with Crippen LogP contribution in [0.25, 0.3) is 0 Å². The van der Waals surface area contributed by atoms with Gasteiger partial charge in [0.2, 0.25) is 0 Å². The molecule has 0 atom stereocenters. The normalized spacial score (nSPS) is 9.77. The molecule has 26 heavy (non-hydrogen) atoms. The molecule has 136 valence electrons. The fourth-order valence-corrected chi connectivity index (χ4v) is 2.00. The van der Waals surface area contributed by atoms with Crippen LogP contribution in [-0.2, 0) is 9.53 Å². The minimum atomic E-state index is -0.742. The van der Waals surface area contributed by atoms with Crippen LogP contribution in [0.1, 0.15) is 20.7 Å². The van der Waals surface area contributed by atoms with E-state index in [0.717, 1.165) is 0 Å². The minimum Gasteiger partial charge on any atom is -0.497 e. The molecule has 0 radical (unpaired) electrons. The topological polar surface area (TPSA) is 103 Å². The van der Waals surface area contributed by atoms with Gasteiger partial charge in [-0.2, -0.15) is 0 Å². The molecule has 0 fully saturated rings. The van der Waals surface area contributed by atoms with E-state index in [-0.39, 0.29) is 11.3 Å². The molecule has 0 spiro atoms. The fourth-order valence-electron chi connectivity index (χ4n) is 2.00. The Morgan fingerprint density at radius 1 is 0.923 bits per heavy atom. The number of amides is 2. The van der Waals surface area contributed by atoms with E-state index in [0.29, 0.717) is 11.3 Å². The van der Waals surface area contributed by atoms with E-state index < -0.39 is 24.4 Å². The number of nitrogens with one attached hydrogen (secondary N) is 2. The lowest BCUT2D eigenvalue weighted by Gasteiger charge is -2.11. The predicted octanol–water partition coefficient (Wildman–Crippen LogP) is 1.32. The summed E-state index contributed by atoms with van der Waals surface area (Å²) in [5, 5.41) is 0. The highest BCUT2D eigenvalue weighted by Crippen LogP contribution is 2.25. The Labute approximate surface area is 150 Å². The summed E-state index contributed by atoms with van der Waals surface area (Å²) in [5.41, 5.74) is 4.93. The van der Waals surface area contributed by atoms with E-state index in [1.54, 1.807) is 36.4 Å². The average Bonchev–Trinajstić information content (AvgIpc) is 2.70. The molecule has 0 heterocycles. The first kappa shape index (κ1) is 18.8. The van der Waals surface area contributed by atoms with Crippen LogP contribution in [0.15, 0.2) is 48.5 Å². The number of hydrazine groups is 1. The molecule has 0 aliphatic heterocycles. The van der Waals surface area contributed by atoms with E-state index in [1.165, 1.54) is 26.4 Å². The van der Waals surface area contributed by atoms with Gasteiger partial charge < -0.3 is 14.2 Å². The lowest BCUT2D eigenvalue weighted by Crippen LogP contribution is -2.43. The molecule has 2 aromatic rings. The van der Waals surface area contributed by atoms with Crippen LogP contribution >= 0.6 is 0 Å². The van der Waals surface area contributed by atoms with Gasteiger partial charge in [0.05, 0.1) is 14.2 Å². The standard InChI is InChI=1S/C18H18N2O6/c1-24-13-8-9-14(15(10-13)25-2)18(23)26-11-16(21)19-20-17(22)12-6-4-3-5-7-12/h3-10H,11H2,1-2H3,(H,19,21)(H,20,22). The SMILES string of the molecule is COc1ccc(C(=O)OCC(=O)NNC(=O)c2ccccc2)c(OC)c1. The van der Waals surface area contributed by atoms with Crippen molar-refractivity contribution in [3.63, 3.8) is 0 Å². The summed E-state index contributed by atoms with van der Waals surface area (Å²) in [6, 6.07) is 12.9. The van der Waals surface area contributed by atoms with Gasteiger partial charge in [-0.3, -0.25) is 20.4 Å². The molecule has 0 unspecified atom stereocenters. The molecule has 2 N–H and O–H groups in total. The molecule has 2 amide bonds. The maximum atomic E-state index is 12.1. The minimum absolute atomic E-state index is 0.148. The van der Waals surface area contributed by atoms with Crippen molar-refractivity contribution < 1.29 is 28.6 Å². The quantitative estimate of drug-likeness (QED) is 0.596. The van der Waals surface area contributed by atoms with Gasteiger partial charge >= 0.3 is 5.97 Å². The Morgan fingerprint density at radius 2 is 1.65 bits per heavy atom. The number of carbonyl (C=O) groups is 3. The van der Waals surface area contributed by atoms with Crippen LogP contribution in [0.4, 0.5) is 0 Å². The molecule has 0 saturated carbocycles. The third-order valence-corrected chi connectivity index (χ3v) is 3.31. The maximum absolute atomic E-state index is 12.1. The number of hydrogen-bond donors (Lipinski definition) is 2. The van der Waals surface area contributed by atoms with Crippen molar-refractivity contribution in [1.82, 2.24) is 10.9 Å². The van der Waals surface area contributed by atoms with Gasteiger partial charge in [-0.1, -0.05) is 18.2 Å². The summed E-state index contributed by atoms with van der Waals surface area (Å²) in [6.07, 6.45) is 0. The Kier molecular flexibility index (Phi) is 6.55. The maximum Gasteiger partial charge on any atom is 0.342 e. The molecule has 0 aliphatic carbocycles. The number of benzene rings is 2. The molecule has 0 aromatic heterocycles. The number of carbonyl (C=O) groups excluding carboxylic acids is 3. The number of rotatable bonds is 6. The predicted molar refractivity (Wildman–Crippen MR) is 91.9 cm³/mol. The van der Waals surface area contributed by atoms with Crippen molar-refractivity contribution in [1.29, 1.82) is 0 Å². The molecule has 0 saturated heterocycles. The van der Waals surface area contributed by atoms with E-state index in [9.17, 15) is 14.4 Å². The van der Waals surface area contributed by atoms with Gasteiger partial charge in [0.25, 0.3) is 11.8 Å². The zero-order valence-electron chi connectivity index (χ0n) is 14.3. The molecule has 8 nitrogen and oxygen atoms in total. The second kappa shape index (κ2) is 9.07. The number of methoxy groups -OCH3 is 2. The summed E-state index contributed by atoms with van der Waals surface area (Å²) in [7, 11) is 2.89. The monoisotopic (exact) mass is 358 g/mol. The van der Waals surface area contributed by atoms with Crippen LogP contribution in [0.3, 0.4) is 0 Å². The van der Waals surface area contributed by atoms with Crippen LogP contribution in [0, 0.1) is 0 Å². The smallest absolute Gasteiger partial charge is 0.342 e. The summed E-state index contributed by atoms with van der Waals surface area (Å²) >= 11 is 0. The first-order valence-electron chi connectivity index (χ1n) is 7.58. The van der Waals surface area contributed by atoms with Gasteiger partial charge in [0.1, 0.15) is 17.1 Å². The van der Waals surface area contributed by atoms with E-state index in [4.69, 9.17) is 14.2 Å². The Balaban J connectivity index is 1.85. The molecule has 0 aliphatic rings. The van der Waals surface area contributed by atoms with E-state index >= 15 is 0 Å². The molecular weight excluding hydrogens is 340 g/mol. The molecule has 8 heteroatoms. The van der Waals surface area contributed by atoms with Gasteiger partial charge in [-0.05, 0) is 24.3 Å². The fraction of sp³-hybridized carbons (Fsp3) is 0.167. The summed E-state index contributed by atoms with van der Waals surface area (Å²) in [4.78, 5) is 35.6. The second-order valence-electron chi connectivity index (χ2n) is 5.01. The number of ether oxygens (including phenoxy) is 3. The highest BCUT2D eigenvalue weighted by atomic mass is 16.5. The summed E-state index contributed by atoms with van der Waals surface area (Å²) < 4.78 is 15.1. The Hall–Kier alpha value is -3.55.